The van der Waals surface area contributed by atoms with Crippen LogP contribution in [0.1, 0.15) is 46.5 Å². The SMILES string of the molecule is CNC1CCC(C(C)(C)C)CC1S(=O)(=O)CCC(=O)OC. The first-order chi connectivity index (χ1) is 9.61. The van der Waals surface area contributed by atoms with E-state index >= 15 is 0 Å². The maximum atomic E-state index is 12.6. The van der Waals surface area contributed by atoms with E-state index < -0.39 is 21.1 Å². The Kier molecular flexibility index (Phi) is 6.23. The van der Waals surface area contributed by atoms with E-state index in [1.165, 1.54) is 7.11 Å². The molecule has 1 aliphatic carbocycles. The molecule has 0 radical (unpaired) electrons. The lowest BCUT2D eigenvalue weighted by Gasteiger charge is -2.41. The van der Waals surface area contributed by atoms with Gasteiger partial charge >= 0.3 is 5.97 Å². The molecular weight excluding hydrogens is 290 g/mol. The first-order valence-corrected chi connectivity index (χ1v) is 9.29. The number of esters is 1. The summed E-state index contributed by atoms with van der Waals surface area (Å²) in [5, 5.41) is 2.73. The molecule has 0 bridgehead atoms. The third-order valence-electron chi connectivity index (χ3n) is 4.67. The quantitative estimate of drug-likeness (QED) is 0.782. The fourth-order valence-corrected chi connectivity index (χ4v) is 5.17. The van der Waals surface area contributed by atoms with Crippen molar-refractivity contribution in [3.05, 3.63) is 0 Å². The largest absolute Gasteiger partial charge is 0.469 e. The summed E-state index contributed by atoms with van der Waals surface area (Å²) in [6, 6.07) is -0.0220. The van der Waals surface area contributed by atoms with E-state index in [0.717, 1.165) is 12.8 Å². The second kappa shape index (κ2) is 7.09. The van der Waals surface area contributed by atoms with Gasteiger partial charge in [0.2, 0.25) is 0 Å². The minimum Gasteiger partial charge on any atom is -0.469 e. The van der Waals surface area contributed by atoms with Crippen molar-refractivity contribution in [1.82, 2.24) is 5.32 Å². The smallest absolute Gasteiger partial charge is 0.306 e. The minimum absolute atomic E-state index is 0.0220. The van der Waals surface area contributed by atoms with Crippen molar-refractivity contribution in [3.63, 3.8) is 0 Å². The van der Waals surface area contributed by atoms with Crippen LogP contribution in [0.15, 0.2) is 0 Å². The van der Waals surface area contributed by atoms with E-state index in [1.807, 2.05) is 7.05 Å². The van der Waals surface area contributed by atoms with Crippen molar-refractivity contribution in [3.8, 4) is 0 Å². The highest BCUT2D eigenvalue weighted by Gasteiger charge is 2.41. The molecule has 1 N–H and O–H groups in total. The molecule has 6 heteroatoms. The highest BCUT2D eigenvalue weighted by atomic mass is 32.2. The maximum Gasteiger partial charge on any atom is 0.306 e. The van der Waals surface area contributed by atoms with Gasteiger partial charge in [0.25, 0.3) is 0 Å². The first-order valence-electron chi connectivity index (χ1n) is 7.57. The molecule has 3 unspecified atom stereocenters. The maximum absolute atomic E-state index is 12.6. The van der Waals surface area contributed by atoms with Crippen molar-refractivity contribution in [2.75, 3.05) is 19.9 Å². The molecule has 0 spiro atoms. The van der Waals surface area contributed by atoms with Crippen molar-refractivity contribution < 1.29 is 17.9 Å². The summed E-state index contributed by atoms with van der Waals surface area (Å²) >= 11 is 0. The Bertz CT molecular complexity index is 453. The molecule has 0 amide bonds. The Labute approximate surface area is 128 Å². The lowest BCUT2D eigenvalue weighted by molar-refractivity contribution is -0.140. The standard InChI is InChI=1S/C15H29NO4S/c1-15(2,3)11-6-7-12(16-4)13(10-11)21(18,19)9-8-14(17)20-5/h11-13,16H,6-10H2,1-5H3. The van der Waals surface area contributed by atoms with E-state index in [0.29, 0.717) is 12.3 Å². The van der Waals surface area contributed by atoms with Gasteiger partial charge in [-0.15, -0.1) is 0 Å². The van der Waals surface area contributed by atoms with Crippen LogP contribution in [-0.2, 0) is 19.4 Å². The molecule has 1 aliphatic rings. The molecule has 0 aliphatic heterocycles. The van der Waals surface area contributed by atoms with Gasteiger partial charge in [0.05, 0.1) is 24.5 Å². The first kappa shape index (κ1) is 18.4. The van der Waals surface area contributed by atoms with Crippen molar-refractivity contribution >= 4 is 15.8 Å². The summed E-state index contributed by atoms with van der Waals surface area (Å²) in [5.41, 5.74) is 0.106. The molecule has 0 aromatic heterocycles. The van der Waals surface area contributed by atoms with Crippen molar-refractivity contribution in [2.24, 2.45) is 11.3 Å². The van der Waals surface area contributed by atoms with Gasteiger partial charge in [-0.1, -0.05) is 20.8 Å². The van der Waals surface area contributed by atoms with Crippen molar-refractivity contribution in [2.45, 2.75) is 57.7 Å². The molecule has 3 atom stereocenters. The van der Waals surface area contributed by atoms with Crippen molar-refractivity contribution in [1.29, 1.82) is 0 Å². The topological polar surface area (TPSA) is 72.5 Å². The average Bonchev–Trinajstić information content (AvgIpc) is 2.43. The Morgan fingerprint density at radius 2 is 1.90 bits per heavy atom. The highest BCUT2D eigenvalue weighted by Crippen LogP contribution is 2.40. The van der Waals surface area contributed by atoms with Gasteiger partial charge < -0.3 is 10.1 Å². The fourth-order valence-electron chi connectivity index (χ4n) is 3.12. The average molecular weight is 319 g/mol. The summed E-state index contributed by atoms with van der Waals surface area (Å²) in [6.45, 7) is 6.49. The summed E-state index contributed by atoms with van der Waals surface area (Å²) in [7, 11) is -0.217. The molecule has 0 heterocycles. The lowest BCUT2D eigenvalue weighted by Crippen LogP contribution is -2.49. The van der Waals surface area contributed by atoms with Gasteiger partial charge in [-0.2, -0.15) is 0 Å². The molecule has 1 rings (SSSR count). The fraction of sp³-hybridized carbons (Fsp3) is 0.933. The van der Waals surface area contributed by atoms with Gasteiger partial charge in [-0.25, -0.2) is 8.42 Å². The minimum atomic E-state index is -3.31. The zero-order chi connectivity index (χ0) is 16.3. The second-order valence-corrected chi connectivity index (χ2v) is 9.34. The number of hydrogen-bond acceptors (Lipinski definition) is 5. The molecule has 1 saturated carbocycles. The predicted octanol–water partition coefficient (Wildman–Crippen LogP) is 1.77. The van der Waals surface area contributed by atoms with Crippen LogP contribution >= 0.6 is 0 Å². The number of sulfone groups is 1. The second-order valence-electron chi connectivity index (χ2n) is 7.00. The van der Waals surface area contributed by atoms with Crippen LogP contribution in [0.25, 0.3) is 0 Å². The van der Waals surface area contributed by atoms with Gasteiger partial charge in [-0.3, -0.25) is 4.79 Å². The third-order valence-corrected chi connectivity index (χ3v) is 6.88. The lowest BCUT2D eigenvalue weighted by atomic mass is 9.71. The normalized spacial score (nSPS) is 27.4. The molecule has 21 heavy (non-hydrogen) atoms. The van der Waals surface area contributed by atoms with Gasteiger partial charge in [0.15, 0.2) is 9.84 Å². The zero-order valence-electron chi connectivity index (χ0n) is 13.8. The van der Waals surface area contributed by atoms with E-state index in [2.05, 4.69) is 30.8 Å². The predicted molar refractivity (Wildman–Crippen MR) is 83.9 cm³/mol. The molecule has 0 aromatic rings. The Morgan fingerprint density at radius 1 is 1.29 bits per heavy atom. The van der Waals surface area contributed by atoms with Gasteiger partial charge in [0.1, 0.15) is 0 Å². The number of rotatable bonds is 5. The number of carbonyl (C=O) groups is 1. The summed E-state index contributed by atoms with van der Waals surface area (Å²) in [6.07, 6.45) is 2.50. The van der Waals surface area contributed by atoms with Crippen LogP contribution in [0, 0.1) is 11.3 Å². The zero-order valence-corrected chi connectivity index (χ0v) is 14.6. The summed E-state index contributed by atoms with van der Waals surface area (Å²) < 4.78 is 29.7. The van der Waals surface area contributed by atoms with Gasteiger partial charge in [-0.05, 0) is 37.6 Å². The van der Waals surface area contributed by atoms with Crippen LogP contribution in [0.5, 0.6) is 0 Å². The van der Waals surface area contributed by atoms with E-state index in [1.54, 1.807) is 0 Å². The van der Waals surface area contributed by atoms with E-state index in [-0.39, 0.29) is 23.6 Å². The Hall–Kier alpha value is -0.620. The number of hydrogen-bond donors (Lipinski definition) is 1. The summed E-state index contributed by atoms with van der Waals surface area (Å²) in [4.78, 5) is 11.2. The van der Waals surface area contributed by atoms with Crippen LogP contribution in [0.4, 0.5) is 0 Å². The van der Waals surface area contributed by atoms with Crippen LogP contribution in [-0.4, -0.2) is 45.6 Å². The number of nitrogens with one attached hydrogen (secondary N) is 1. The molecule has 1 fully saturated rings. The molecule has 0 saturated heterocycles. The summed E-state index contributed by atoms with van der Waals surface area (Å²) in [5.74, 6) is -0.206. The molecule has 124 valence electrons. The van der Waals surface area contributed by atoms with Gasteiger partial charge in [0, 0.05) is 6.04 Å². The highest BCUT2D eigenvalue weighted by molar-refractivity contribution is 7.92. The van der Waals surface area contributed by atoms with E-state index in [9.17, 15) is 13.2 Å². The van der Waals surface area contributed by atoms with Crippen LogP contribution in [0.2, 0.25) is 0 Å². The third kappa shape index (κ3) is 4.95. The van der Waals surface area contributed by atoms with E-state index in [4.69, 9.17) is 0 Å². The van der Waals surface area contributed by atoms with Crippen LogP contribution < -0.4 is 5.32 Å². The number of ether oxygens (including phenoxy) is 1. The van der Waals surface area contributed by atoms with Crippen LogP contribution in [0.3, 0.4) is 0 Å². The number of methoxy groups -OCH3 is 1. The molecular formula is C15H29NO4S. The molecule has 5 nitrogen and oxygen atoms in total. The monoisotopic (exact) mass is 319 g/mol. The molecule has 0 aromatic carbocycles. The Balaban J connectivity index is 2.85. The Morgan fingerprint density at radius 3 is 2.38 bits per heavy atom. The number of carbonyl (C=O) groups excluding carboxylic acids is 1.